The van der Waals surface area contributed by atoms with Gasteiger partial charge in [0.1, 0.15) is 0 Å². The number of ether oxygens (including phenoxy) is 1. The summed E-state index contributed by atoms with van der Waals surface area (Å²) in [5, 5.41) is 0.759. The van der Waals surface area contributed by atoms with Gasteiger partial charge in [-0.25, -0.2) is 8.42 Å². The van der Waals surface area contributed by atoms with Gasteiger partial charge in [-0.1, -0.05) is 37.1 Å². The minimum Gasteiger partial charge on any atom is -0.404 e. The minimum absolute atomic E-state index is 0.0403. The number of para-hydroxylation sites is 1. The lowest BCUT2D eigenvalue weighted by Crippen LogP contribution is -2.49. The number of fused-ring (bicyclic) bond motifs is 1. The molecule has 242 valence electrons. The lowest BCUT2D eigenvalue weighted by molar-refractivity contribution is -0.274. The molecule has 46 heavy (non-hydrogen) atoms. The summed E-state index contributed by atoms with van der Waals surface area (Å²) in [6.07, 6.45) is 1.37. The highest BCUT2D eigenvalue weighted by Gasteiger charge is 2.34. The third kappa shape index (κ3) is 7.05. The number of anilines is 2. The van der Waals surface area contributed by atoms with E-state index in [-0.39, 0.29) is 21.7 Å². The summed E-state index contributed by atoms with van der Waals surface area (Å²) >= 11 is 0. The maximum atomic E-state index is 13.8. The number of nitrogens with zero attached hydrogens (tertiary/aromatic N) is 3. The first kappa shape index (κ1) is 31.6. The van der Waals surface area contributed by atoms with E-state index in [0.717, 1.165) is 24.1 Å². The normalized spacial score (nSPS) is 16.5. The summed E-state index contributed by atoms with van der Waals surface area (Å²) in [5.74, 6) is -0.620. The van der Waals surface area contributed by atoms with Crippen LogP contribution in [0.5, 0.6) is 5.75 Å². The number of pyridine rings is 1. The van der Waals surface area contributed by atoms with Crippen LogP contribution in [0.1, 0.15) is 36.0 Å². The van der Waals surface area contributed by atoms with E-state index in [1.54, 1.807) is 29.3 Å². The second-order valence-corrected chi connectivity index (χ2v) is 13.4. The molecule has 0 atom stereocenters. The molecule has 3 aromatic carbocycles. The van der Waals surface area contributed by atoms with E-state index in [1.165, 1.54) is 49.9 Å². The standard InChI is InChI=1S/C33H34F3N5O4S/c34-33(35,36)45-29-19-24(32(42)41-17-15-40(16-18-41)21-22-5-1-2-6-22)10-12-28(29)39-46(43,44)30-13-11-25(37)20-27(30)26-9-3-7-23-8-4-14-38-31(23)26/h3-4,7-14,19-20,22,39H,1-2,5-6,15-18,21,37H2. The van der Waals surface area contributed by atoms with Crippen molar-refractivity contribution in [2.45, 2.75) is 36.9 Å². The quantitative estimate of drug-likeness (QED) is 0.220. The molecular formula is C33H34F3N5O4S. The van der Waals surface area contributed by atoms with Crippen LogP contribution in [-0.4, -0.2) is 68.2 Å². The Morgan fingerprint density at radius 2 is 1.70 bits per heavy atom. The number of rotatable bonds is 8. The number of nitrogen functional groups attached to an aromatic ring is 1. The maximum absolute atomic E-state index is 13.8. The van der Waals surface area contributed by atoms with Gasteiger partial charge in [0.2, 0.25) is 0 Å². The SMILES string of the molecule is Nc1ccc(S(=O)(=O)Nc2ccc(C(=O)N3CCN(CC4CCCC4)CC3)cc2OC(F)(F)F)c(-c2cccc3cccnc23)c1. The molecule has 0 unspecified atom stereocenters. The number of alkyl halides is 3. The third-order valence-corrected chi connectivity index (χ3v) is 9.99. The lowest BCUT2D eigenvalue weighted by Gasteiger charge is -2.36. The van der Waals surface area contributed by atoms with Crippen molar-refractivity contribution in [2.75, 3.05) is 43.2 Å². The first-order valence-corrected chi connectivity index (χ1v) is 16.6. The number of hydrogen-bond acceptors (Lipinski definition) is 7. The molecule has 1 aromatic heterocycles. The molecule has 0 spiro atoms. The van der Waals surface area contributed by atoms with Crippen LogP contribution >= 0.6 is 0 Å². The number of benzene rings is 3. The van der Waals surface area contributed by atoms with Gasteiger partial charge in [-0.15, -0.1) is 13.2 Å². The van der Waals surface area contributed by atoms with Gasteiger partial charge in [-0.2, -0.15) is 0 Å². The van der Waals surface area contributed by atoms with Gasteiger partial charge in [0, 0.05) is 66.7 Å². The van der Waals surface area contributed by atoms with Crippen molar-refractivity contribution in [1.29, 1.82) is 0 Å². The van der Waals surface area contributed by atoms with Crippen LogP contribution in [0.3, 0.4) is 0 Å². The average Bonchev–Trinajstić information content (AvgIpc) is 3.54. The number of carbonyl (C=O) groups is 1. The molecule has 9 nitrogen and oxygen atoms in total. The molecule has 1 saturated carbocycles. The zero-order chi connectivity index (χ0) is 32.5. The van der Waals surface area contributed by atoms with Gasteiger partial charge in [0.15, 0.2) is 5.75 Å². The fraction of sp³-hybridized carbons (Fsp3) is 0.333. The summed E-state index contributed by atoms with van der Waals surface area (Å²) in [6.45, 7) is 3.24. The number of piperazine rings is 1. The molecule has 2 aliphatic rings. The lowest BCUT2D eigenvalue weighted by atomic mass is 10.0. The topological polar surface area (TPSA) is 118 Å². The van der Waals surface area contributed by atoms with Crippen molar-refractivity contribution in [3.05, 3.63) is 78.5 Å². The van der Waals surface area contributed by atoms with E-state index in [2.05, 4.69) is 19.3 Å². The molecule has 4 aromatic rings. The molecular weight excluding hydrogens is 619 g/mol. The number of amides is 1. The van der Waals surface area contributed by atoms with Crippen molar-refractivity contribution in [1.82, 2.24) is 14.8 Å². The van der Waals surface area contributed by atoms with Gasteiger partial charge in [-0.05, 0) is 61.2 Å². The van der Waals surface area contributed by atoms with Crippen LogP contribution in [0.4, 0.5) is 24.5 Å². The Bertz CT molecular complexity index is 1850. The number of hydrogen-bond donors (Lipinski definition) is 2. The van der Waals surface area contributed by atoms with E-state index < -0.39 is 33.7 Å². The molecule has 6 rings (SSSR count). The predicted octanol–water partition coefficient (Wildman–Crippen LogP) is 6.13. The van der Waals surface area contributed by atoms with Crippen LogP contribution in [0.25, 0.3) is 22.0 Å². The highest BCUT2D eigenvalue weighted by Crippen LogP contribution is 2.37. The Hall–Kier alpha value is -4.36. The van der Waals surface area contributed by atoms with Gasteiger partial charge >= 0.3 is 6.36 Å². The number of nitrogens with one attached hydrogen (secondary N) is 1. The van der Waals surface area contributed by atoms with Gasteiger partial charge in [-0.3, -0.25) is 19.4 Å². The number of halogens is 3. The van der Waals surface area contributed by atoms with Crippen molar-refractivity contribution >= 4 is 38.2 Å². The molecule has 1 saturated heterocycles. The average molecular weight is 654 g/mol. The molecule has 1 amide bonds. The van der Waals surface area contributed by atoms with Crippen molar-refractivity contribution in [3.8, 4) is 16.9 Å². The maximum Gasteiger partial charge on any atom is 0.573 e. The molecule has 0 radical (unpaired) electrons. The Labute approximate surface area is 265 Å². The molecule has 13 heteroatoms. The zero-order valence-electron chi connectivity index (χ0n) is 25.0. The summed E-state index contributed by atoms with van der Waals surface area (Å²) in [7, 11) is -4.51. The molecule has 2 heterocycles. The largest absolute Gasteiger partial charge is 0.573 e. The van der Waals surface area contributed by atoms with Crippen LogP contribution in [0.2, 0.25) is 0 Å². The van der Waals surface area contributed by atoms with E-state index in [1.807, 2.05) is 12.1 Å². The smallest absolute Gasteiger partial charge is 0.404 e. The van der Waals surface area contributed by atoms with E-state index in [0.29, 0.717) is 43.2 Å². The molecule has 1 aliphatic heterocycles. The Morgan fingerprint density at radius 1 is 0.957 bits per heavy atom. The minimum atomic E-state index is -5.14. The molecule has 0 bridgehead atoms. The molecule has 3 N–H and O–H groups in total. The first-order chi connectivity index (χ1) is 22.0. The van der Waals surface area contributed by atoms with Gasteiger partial charge in [0.25, 0.3) is 15.9 Å². The summed E-state index contributed by atoms with van der Waals surface area (Å²) in [5.41, 5.74) is 7.01. The van der Waals surface area contributed by atoms with Crippen LogP contribution in [-0.2, 0) is 10.0 Å². The van der Waals surface area contributed by atoms with E-state index >= 15 is 0 Å². The van der Waals surface area contributed by atoms with Crippen molar-refractivity contribution < 1.29 is 31.1 Å². The van der Waals surface area contributed by atoms with E-state index in [4.69, 9.17) is 5.73 Å². The Kier molecular flexibility index (Phi) is 8.80. The Balaban J connectivity index is 1.27. The Morgan fingerprint density at radius 3 is 2.43 bits per heavy atom. The number of carbonyl (C=O) groups excluding carboxylic acids is 1. The van der Waals surface area contributed by atoms with Gasteiger partial charge < -0.3 is 15.4 Å². The number of nitrogens with two attached hydrogens (primary N) is 1. The number of aromatic nitrogens is 1. The summed E-state index contributed by atoms with van der Waals surface area (Å²) in [6, 6.07) is 16.3. The van der Waals surface area contributed by atoms with E-state index in [9.17, 15) is 26.4 Å². The van der Waals surface area contributed by atoms with Gasteiger partial charge in [0.05, 0.1) is 16.1 Å². The van der Waals surface area contributed by atoms with Crippen molar-refractivity contribution in [2.24, 2.45) is 5.92 Å². The van der Waals surface area contributed by atoms with Crippen LogP contribution in [0, 0.1) is 5.92 Å². The first-order valence-electron chi connectivity index (χ1n) is 15.1. The highest BCUT2D eigenvalue weighted by molar-refractivity contribution is 7.92. The summed E-state index contributed by atoms with van der Waals surface area (Å²) in [4.78, 5) is 21.4. The predicted molar refractivity (Wildman–Crippen MR) is 170 cm³/mol. The fourth-order valence-electron chi connectivity index (χ4n) is 6.34. The second-order valence-electron chi connectivity index (χ2n) is 11.7. The highest BCUT2D eigenvalue weighted by atomic mass is 32.2. The fourth-order valence-corrected chi connectivity index (χ4v) is 7.61. The number of sulfonamides is 1. The monoisotopic (exact) mass is 653 g/mol. The summed E-state index contributed by atoms with van der Waals surface area (Å²) < 4.78 is 74.7. The molecule has 1 aliphatic carbocycles. The van der Waals surface area contributed by atoms with Crippen LogP contribution < -0.4 is 15.2 Å². The van der Waals surface area contributed by atoms with Crippen molar-refractivity contribution in [3.63, 3.8) is 0 Å². The zero-order valence-corrected chi connectivity index (χ0v) is 25.8. The third-order valence-electron chi connectivity index (χ3n) is 8.57. The van der Waals surface area contributed by atoms with Crippen LogP contribution in [0.15, 0.2) is 77.8 Å². The molecule has 2 fully saturated rings. The second kappa shape index (κ2) is 12.8.